The normalized spacial score (nSPS) is 21.7. The predicted molar refractivity (Wildman–Crippen MR) is 53.5 cm³/mol. The molecule has 0 atom stereocenters. The quantitative estimate of drug-likeness (QED) is 0.586. The second-order valence-corrected chi connectivity index (χ2v) is 3.98. The van der Waals surface area contributed by atoms with Crippen molar-refractivity contribution in [3.8, 4) is 0 Å². The third-order valence-corrected chi connectivity index (χ3v) is 2.35. The van der Waals surface area contributed by atoms with Crippen LogP contribution in [0.25, 0.3) is 0 Å². The van der Waals surface area contributed by atoms with Crippen molar-refractivity contribution in [2.45, 2.75) is 0 Å². The third-order valence-electron chi connectivity index (χ3n) is 1.49. The Labute approximate surface area is 106 Å². The van der Waals surface area contributed by atoms with Crippen molar-refractivity contribution >= 4 is 10.1 Å². The van der Waals surface area contributed by atoms with Gasteiger partial charge in [-0.1, -0.05) is 0 Å². The summed E-state index contributed by atoms with van der Waals surface area (Å²) in [6.07, 6.45) is 15.7. The van der Waals surface area contributed by atoms with Crippen LogP contribution in [0.1, 0.15) is 0 Å². The van der Waals surface area contributed by atoms with Crippen molar-refractivity contribution in [1.29, 1.82) is 0 Å². The van der Waals surface area contributed by atoms with Gasteiger partial charge in [-0.3, -0.25) is 4.55 Å². The van der Waals surface area contributed by atoms with Gasteiger partial charge in [-0.15, -0.1) is 0 Å². The molecule has 2 rings (SSSR count). The maximum absolute atomic E-state index is 10.2. The molecule has 0 aliphatic heterocycles. The van der Waals surface area contributed by atoms with Crippen LogP contribution in [0.5, 0.6) is 0 Å². The summed E-state index contributed by atoms with van der Waals surface area (Å²) in [5.74, 6) is 0. The molecule has 2 aliphatic carbocycles. The monoisotopic (exact) mass is 312 g/mol. The number of hydrogen-bond acceptors (Lipinski definition) is 2. The van der Waals surface area contributed by atoms with Crippen molar-refractivity contribution < 1.29 is 32.4 Å². The summed E-state index contributed by atoms with van der Waals surface area (Å²) < 4.78 is 28.8. The third kappa shape index (κ3) is 6.65. The van der Waals surface area contributed by atoms with Crippen molar-refractivity contribution in [3.63, 3.8) is 0 Å². The van der Waals surface area contributed by atoms with Gasteiger partial charge in [0.15, 0.2) is 0 Å². The molecule has 10 radical (unpaired) electrons. The Hall–Kier alpha value is 0.533. The molecule has 2 aliphatic rings. The van der Waals surface area contributed by atoms with Gasteiger partial charge in [0.05, 0.1) is 0 Å². The molecule has 0 bridgehead atoms. The minimum Gasteiger partial charge on any atom is -0.285 e. The SMILES string of the molecule is O=S(=O)(O)[C]1[CH][CH][CH][CH]1.[CH]1[CH][CH][CH][CH]1.[Ru]. The fourth-order valence-corrected chi connectivity index (χ4v) is 1.35. The van der Waals surface area contributed by atoms with E-state index in [0.717, 1.165) is 0 Å². The first-order chi connectivity index (χ1) is 6.61. The van der Waals surface area contributed by atoms with E-state index in [4.69, 9.17) is 4.55 Å². The summed E-state index contributed by atoms with van der Waals surface area (Å²) in [6, 6.07) is 0. The van der Waals surface area contributed by atoms with Crippen molar-refractivity contribution in [3.05, 3.63) is 63.0 Å². The first-order valence-corrected chi connectivity index (χ1v) is 5.40. The van der Waals surface area contributed by atoms with Crippen LogP contribution in [-0.4, -0.2) is 13.0 Å². The molecule has 2 saturated carbocycles. The van der Waals surface area contributed by atoms with E-state index in [1.807, 2.05) is 32.1 Å². The standard InChI is InChI=1S/C5H5O3S.C5H5.Ru/c6-9(7,8)5-3-1-2-4-5;1-2-4-5-3-1;/h1-4H,(H,6,7,8);1-5H;. The zero-order chi connectivity index (χ0) is 10.4. The van der Waals surface area contributed by atoms with Crippen LogP contribution in [0.4, 0.5) is 0 Å². The minimum atomic E-state index is -3.96. The maximum atomic E-state index is 10.2. The Morgan fingerprint density at radius 3 is 1.33 bits per heavy atom. The summed E-state index contributed by atoms with van der Waals surface area (Å²) in [4.78, 5) is 0. The van der Waals surface area contributed by atoms with Crippen LogP contribution in [0, 0.1) is 63.0 Å². The smallest absolute Gasteiger partial charge is 0.272 e. The second kappa shape index (κ2) is 7.75. The molecule has 0 aromatic rings. The molecule has 2 fully saturated rings. The van der Waals surface area contributed by atoms with Crippen molar-refractivity contribution in [2.75, 3.05) is 0 Å². The molecule has 15 heavy (non-hydrogen) atoms. The topological polar surface area (TPSA) is 54.4 Å². The van der Waals surface area contributed by atoms with Gasteiger partial charge >= 0.3 is 0 Å². The van der Waals surface area contributed by atoms with Gasteiger partial charge in [0.1, 0.15) is 5.25 Å². The van der Waals surface area contributed by atoms with Crippen LogP contribution in [0.2, 0.25) is 0 Å². The summed E-state index contributed by atoms with van der Waals surface area (Å²) in [7, 11) is -3.96. The molecule has 3 nitrogen and oxygen atoms in total. The molecular formula is C10H10O3RuS. The van der Waals surface area contributed by atoms with Crippen LogP contribution >= 0.6 is 0 Å². The van der Waals surface area contributed by atoms with E-state index in [2.05, 4.69) is 0 Å². The maximum Gasteiger partial charge on any atom is 0.272 e. The summed E-state index contributed by atoms with van der Waals surface area (Å²) >= 11 is 0. The van der Waals surface area contributed by atoms with Crippen LogP contribution in [0.3, 0.4) is 0 Å². The van der Waals surface area contributed by atoms with E-state index in [9.17, 15) is 8.42 Å². The Bertz CT molecular complexity index is 234. The molecule has 82 valence electrons. The second-order valence-electron chi connectivity index (χ2n) is 2.56. The Morgan fingerprint density at radius 1 is 0.800 bits per heavy atom. The zero-order valence-corrected chi connectivity index (χ0v) is 10.3. The van der Waals surface area contributed by atoms with Gasteiger partial charge in [0, 0.05) is 19.5 Å². The van der Waals surface area contributed by atoms with E-state index in [-0.39, 0.29) is 24.7 Å². The van der Waals surface area contributed by atoms with Gasteiger partial charge in [-0.2, -0.15) is 8.42 Å². The molecule has 0 heterocycles. The average molecular weight is 311 g/mol. The minimum absolute atomic E-state index is 0. The predicted octanol–water partition coefficient (Wildman–Crippen LogP) is 1.26. The van der Waals surface area contributed by atoms with Crippen molar-refractivity contribution in [2.24, 2.45) is 0 Å². The average Bonchev–Trinajstić information content (AvgIpc) is 2.80. The van der Waals surface area contributed by atoms with Gasteiger partial charge in [0.2, 0.25) is 0 Å². The first-order valence-electron chi connectivity index (χ1n) is 3.96. The molecule has 0 aromatic carbocycles. The van der Waals surface area contributed by atoms with Gasteiger partial charge in [0.25, 0.3) is 10.1 Å². The number of hydrogen-bond donors (Lipinski definition) is 1. The molecule has 0 spiro atoms. The Balaban J connectivity index is 0.000000280. The van der Waals surface area contributed by atoms with E-state index < -0.39 is 10.1 Å². The molecule has 0 aromatic heterocycles. The van der Waals surface area contributed by atoms with Crippen molar-refractivity contribution in [1.82, 2.24) is 0 Å². The number of rotatable bonds is 1. The van der Waals surface area contributed by atoms with E-state index in [1.165, 1.54) is 12.8 Å². The van der Waals surface area contributed by atoms with Gasteiger partial charge in [-0.25, -0.2) is 0 Å². The molecular weight excluding hydrogens is 301 g/mol. The fraction of sp³-hybridized carbons (Fsp3) is 0. The molecule has 0 amide bonds. The van der Waals surface area contributed by atoms with E-state index in [0.29, 0.717) is 0 Å². The largest absolute Gasteiger partial charge is 0.285 e. The Morgan fingerprint density at radius 2 is 1.13 bits per heavy atom. The Kier molecular flexibility index (Phi) is 8.02. The summed E-state index contributed by atoms with van der Waals surface area (Å²) in [5.41, 5.74) is 0. The van der Waals surface area contributed by atoms with Gasteiger partial charge in [-0.05, 0) is 57.8 Å². The molecule has 0 unspecified atom stereocenters. The van der Waals surface area contributed by atoms with Gasteiger partial charge < -0.3 is 0 Å². The van der Waals surface area contributed by atoms with Crippen LogP contribution in [0.15, 0.2) is 0 Å². The summed E-state index contributed by atoms with van der Waals surface area (Å²) in [5, 5.41) is -0.0532. The first kappa shape index (κ1) is 15.5. The van der Waals surface area contributed by atoms with E-state index >= 15 is 0 Å². The fourth-order valence-electron chi connectivity index (χ4n) is 0.849. The van der Waals surface area contributed by atoms with E-state index in [1.54, 1.807) is 12.8 Å². The molecule has 5 heteroatoms. The molecule has 0 saturated heterocycles. The zero-order valence-electron chi connectivity index (χ0n) is 7.72. The summed E-state index contributed by atoms with van der Waals surface area (Å²) in [6.45, 7) is 0. The molecule has 1 N–H and O–H groups in total. The van der Waals surface area contributed by atoms with Crippen LogP contribution in [-0.2, 0) is 29.6 Å². The van der Waals surface area contributed by atoms with Crippen LogP contribution < -0.4 is 0 Å².